The number of H-pyrrole nitrogens is 1. The Morgan fingerprint density at radius 1 is 1.60 bits per heavy atom. The Morgan fingerprint density at radius 2 is 2.30 bits per heavy atom. The van der Waals surface area contributed by atoms with Crippen molar-refractivity contribution < 1.29 is 4.74 Å². The Balaban J connectivity index is 2.90. The molecule has 0 aliphatic carbocycles. The number of rotatable bonds is 2. The standard InChI is InChI=1S/C7H12N2O/c1-5(2)6-7(10-3)9-4-8-6/h4-5H,1-3H3,(H,8,9). The van der Waals surface area contributed by atoms with Crippen molar-refractivity contribution in [2.24, 2.45) is 0 Å². The van der Waals surface area contributed by atoms with Gasteiger partial charge in [-0.3, -0.25) is 0 Å². The topological polar surface area (TPSA) is 37.9 Å². The number of methoxy groups -OCH3 is 1. The Kier molecular flexibility index (Phi) is 1.94. The molecule has 0 radical (unpaired) electrons. The van der Waals surface area contributed by atoms with Crippen molar-refractivity contribution in [1.82, 2.24) is 9.97 Å². The number of imidazole rings is 1. The summed E-state index contributed by atoms with van der Waals surface area (Å²) in [7, 11) is 1.63. The number of ether oxygens (including phenoxy) is 1. The van der Waals surface area contributed by atoms with Gasteiger partial charge < -0.3 is 9.72 Å². The molecule has 3 nitrogen and oxygen atoms in total. The minimum absolute atomic E-state index is 0.442. The molecular formula is C7H12N2O. The van der Waals surface area contributed by atoms with Crippen LogP contribution in [0.25, 0.3) is 0 Å². The fourth-order valence-electron chi connectivity index (χ4n) is 0.868. The van der Waals surface area contributed by atoms with Crippen LogP contribution in [0.2, 0.25) is 0 Å². The fraction of sp³-hybridized carbons (Fsp3) is 0.571. The van der Waals surface area contributed by atoms with Crippen molar-refractivity contribution in [2.45, 2.75) is 19.8 Å². The molecule has 0 aliphatic heterocycles. The molecule has 1 N–H and O–H groups in total. The fourth-order valence-corrected chi connectivity index (χ4v) is 0.868. The summed E-state index contributed by atoms with van der Waals surface area (Å²) < 4.78 is 5.00. The van der Waals surface area contributed by atoms with Crippen molar-refractivity contribution in [2.75, 3.05) is 7.11 Å². The van der Waals surface area contributed by atoms with Gasteiger partial charge in [-0.15, -0.1) is 0 Å². The van der Waals surface area contributed by atoms with Crippen molar-refractivity contribution >= 4 is 0 Å². The van der Waals surface area contributed by atoms with Gasteiger partial charge in [0.25, 0.3) is 0 Å². The molecule has 0 atom stereocenters. The van der Waals surface area contributed by atoms with Crippen molar-refractivity contribution in [3.63, 3.8) is 0 Å². The number of hydrogen-bond acceptors (Lipinski definition) is 2. The Morgan fingerprint density at radius 3 is 2.70 bits per heavy atom. The van der Waals surface area contributed by atoms with Crippen molar-refractivity contribution in [3.05, 3.63) is 12.0 Å². The molecule has 3 heteroatoms. The Labute approximate surface area is 60.4 Å². The normalized spacial score (nSPS) is 10.4. The van der Waals surface area contributed by atoms with Gasteiger partial charge in [-0.2, -0.15) is 0 Å². The maximum absolute atomic E-state index is 5.00. The average molecular weight is 140 g/mol. The molecule has 0 spiro atoms. The quantitative estimate of drug-likeness (QED) is 0.676. The van der Waals surface area contributed by atoms with Gasteiger partial charge in [-0.05, 0) is 5.92 Å². The van der Waals surface area contributed by atoms with E-state index >= 15 is 0 Å². The molecule has 56 valence electrons. The molecule has 0 amide bonds. The second-order valence-electron chi connectivity index (χ2n) is 2.48. The summed E-state index contributed by atoms with van der Waals surface area (Å²) >= 11 is 0. The van der Waals surface area contributed by atoms with Gasteiger partial charge in [-0.1, -0.05) is 13.8 Å². The predicted octanol–water partition coefficient (Wildman–Crippen LogP) is 1.54. The highest BCUT2D eigenvalue weighted by molar-refractivity contribution is 5.20. The molecular weight excluding hydrogens is 128 g/mol. The van der Waals surface area contributed by atoms with Gasteiger partial charge in [0.05, 0.1) is 19.1 Å². The largest absolute Gasteiger partial charge is 0.480 e. The molecule has 0 bridgehead atoms. The van der Waals surface area contributed by atoms with E-state index in [1.807, 2.05) is 0 Å². The Bertz CT molecular complexity index is 205. The van der Waals surface area contributed by atoms with Crippen molar-refractivity contribution in [3.8, 4) is 5.88 Å². The van der Waals surface area contributed by atoms with E-state index in [-0.39, 0.29) is 0 Å². The van der Waals surface area contributed by atoms with Crippen LogP contribution in [0.5, 0.6) is 5.88 Å². The first kappa shape index (κ1) is 7.12. The molecule has 0 aliphatic rings. The maximum atomic E-state index is 5.00. The van der Waals surface area contributed by atoms with Gasteiger partial charge in [0.1, 0.15) is 0 Å². The zero-order valence-corrected chi connectivity index (χ0v) is 6.51. The van der Waals surface area contributed by atoms with E-state index in [0.29, 0.717) is 11.8 Å². The van der Waals surface area contributed by atoms with Gasteiger partial charge in [-0.25, -0.2) is 4.98 Å². The minimum Gasteiger partial charge on any atom is -0.480 e. The molecule has 0 saturated carbocycles. The van der Waals surface area contributed by atoms with Crippen molar-refractivity contribution in [1.29, 1.82) is 0 Å². The molecule has 0 unspecified atom stereocenters. The molecule has 0 saturated heterocycles. The molecule has 1 rings (SSSR count). The number of aromatic amines is 1. The lowest BCUT2D eigenvalue weighted by molar-refractivity contribution is 0.392. The third kappa shape index (κ3) is 1.12. The summed E-state index contributed by atoms with van der Waals surface area (Å²) in [4.78, 5) is 7.00. The minimum atomic E-state index is 0.442. The monoisotopic (exact) mass is 140 g/mol. The smallest absolute Gasteiger partial charge is 0.234 e. The summed E-state index contributed by atoms with van der Waals surface area (Å²) in [6, 6.07) is 0. The lowest BCUT2D eigenvalue weighted by atomic mass is 10.1. The van der Waals surface area contributed by atoms with Gasteiger partial charge >= 0.3 is 0 Å². The van der Waals surface area contributed by atoms with Crippen LogP contribution in [0, 0.1) is 0 Å². The first-order valence-electron chi connectivity index (χ1n) is 3.33. The van der Waals surface area contributed by atoms with E-state index in [1.54, 1.807) is 13.4 Å². The van der Waals surface area contributed by atoms with E-state index in [4.69, 9.17) is 4.74 Å². The van der Waals surface area contributed by atoms with Crippen LogP contribution in [0.15, 0.2) is 6.33 Å². The summed E-state index contributed by atoms with van der Waals surface area (Å²) in [6.07, 6.45) is 1.65. The van der Waals surface area contributed by atoms with E-state index < -0.39 is 0 Å². The number of nitrogens with one attached hydrogen (secondary N) is 1. The number of aromatic nitrogens is 2. The maximum Gasteiger partial charge on any atom is 0.234 e. The van der Waals surface area contributed by atoms with Gasteiger partial charge in [0.15, 0.2) is 0 Å². The molecule has 10 heavy (non-hydrogen) atoms. The summed E-state index contributed by atoms with van der Waals surface area (Å²) in [5.74, 6) is 1.15. The highest BCUT2D eigenvalue weighted by atomic mass is 16.5. The molecule has 1 heterocycles. The molecule has 1 aromatic heterocycles. The average Bonchev–Trinajstić information content (AvgIpc) is 2.33. The Hall–Kier alpha value is -0.990. The molecule has 0 fully saturated rings. The second-order valence-corrected chi connectivity index (χ2v) is 2.48. The lowest BCUT2D eigenvalue weighted by Crippen LogP contribution is -1.92. The zero-order chi connectivity index (χ0) is 7.56. The summed E-state index contributed by atoms with van der Waals surface area (Å²) in [6.45, 7) is 4.19. The zero-order valence-electron chi connectivity index (χ0n) is 6.51. The first-order chi connectivity index (χ1) is 4.75. The summed E-state index contributed by atoms with van der Waals surface area (Å²) in [5, 5.41) is 0. The highest BCUT2D eigenvalue weighted by Crippen LogP contribution is 2.20. The first-order valence-corrected chi connectivity index (χ1v) is 3.33. The van der Waals surface area contributed by atoms with Crippen LogP contribution < -0.4 is 4.74 Å². The number of hydrogen-bond donors (Lipinski definition) is 1. The predicted molar refractivity (Wildman–Crippen MR) is 39.2 cm³/mol. The molecule has 0 aromatic carbocycles. The highest BCUT2D eigenvalue weighted by Gasteiger charge is 2.07. The van der Waals surface area contributed by atoms with Crippen LogP contribution in [0.3, 0.4) is 0 Å². The summed E-state index contributed by atoms with van der Waals surface area (Å²) in [5.41, 5.74) is 1.06. The van der Waals surface area contributed by atoms with E-state index in [2.05, 4.69) is 23.8 Å². The van der Waals surface area contributed by atoms with E-state index in [9.17, 15) is 0 Å². The SMILES string of the molecule is COc1nc[nH]c1C(C)C. The number of nitrogens with zero attached hydrogens (tertiary/aromatic N) is 1. The third-order valence-corrected chi connectivity index (χ3v) is 1.40. The lowest BCUT2D eigenvalue weighted by Gasteiger charge is -2.02. The van der Waals surface area contributed by atoms with Gasteiger partial charge in [0.2, 0.25) is 5.88 Å². The van der Waals surface area contributed by atoms with Crippen LogP contribution in [-0.2, 0) is 0 Å². The van der Waals surface area contributed by atoms with Crippen LogP contribution in [0.4, 0.5) is 0 Å². The molecule has 1 aromatic rings. The van der Waals surface area contributed by atoms with Crippen LogP contribution >= 0.6 is 0 Å². The van der Waals surface area contributed by atoms with Crippen LogP contribution in [0.1, 0.15) is 25.5 Å². The third-order valence-electron chi connectivity index (χ3n) is 1.40. The van der Waals surface area contributed by atoms with E-state index in [0.717, 1.165) is 5.69 Å². The second kappa shape index (κ2) is 2.73. The van der Waals surface area contributed by atoms with E-state index in [1.165, 1.54) is 0 Å². The van der Waals surface area contributed by atoms with Gasteiger partial charge in [0, 0.05) is 0 Å². The van der Waals surface area contributed by atoms with Crippen LogP contribution in [-0.4, -0.2) is 17.1 Å².